The van der Waals surface area contributed by atoms with Crippen LogP contribution < -0.4 is 11.1 Å². The van der Waals surface area contributed by atoms with E-state index >= 15 is 0 Å². The average molecular weight is 197 g/mol. The molecular weight excluding hydrogens is 182 g/mol. The van der Waals surface area contributed by atoms with Crippen molar-refractivity contribution in [3.05, 3.63) is 11.6 Å². The van der Waals surface area contributed by atoms with E-state index in [0.29, 0.717) is 12.1 Å². The van der Waals surface area contributed by atoms with E-state index in [2.05, 4.69) is 10.3 Å². The molecule has 0 aliphatic heterocycles. The molecular formula is C9H15N3S. The fourth-order valence-corrected chi connectivity index (χ4v) is 2.44. The van der Waals surface area contributed by atoms with Crippen molar-refractivity contribution in [2.45, 2.75) is 37.8 Å². The van der Waals surface area contributed by atoms with E-state index in [9.17, 15) is 0 Å². The molecule has 1 saturated carbocycles. The first-order chi connectivity index (χ1) is 6.34. The number of anilines is 1. The van der Waals surface area contributed by atoms with Crippen LogP contribution in [0, 0.1) is 0 Å². The molecule has 72 valence electrons. The number of thiazole rings is 1. The zero-order valence-corrected chi connectivity index (χ0v) is 8.39. The Morgan fingerprint density at radius 1 is 1.54 bits per heavy atom. The molecule has 1 aromatic rings. The van der Waals surface area contributed by atoms with Crippen molar-refractivity contribution in [1.82, 2.24) is 4.98 Å². The largest absolute Gasteiger partial charge is 0.359 e. The summed E-state index contributed by atoms with van der Waals surface area (Å²) in [5.74, 6) is 0. The van der Waals surface area contributed by atoms with Gasteiger partial charge in [-0.05, 0) is 25.7 Å². The van der Waals surface area contributed by atoms with E-state index in [1.807, 2.05) is 11.6 Å². The lowest BCUT2D eigenvalue weighted by molar-refractivity contribution is 0.409. The van der Waals surface area contributed by atoms with Crippen LogP contribution in [0.15, 0.2) is 11.6 Å². The Labute approximate surface area is 82.4 Å². The molecule has 1 fully saturated rings. The summed E-state index contributed by atoms with van der Waals surface area (Å²) in [6.07, 6.45) is 6.56. The van der Waals surface area contributed by atoms with Gasteiger partial charge in [0.1, 0.15) is 0 Å². The third-order valence-electron chi connectivity index (χ3n) is 2.47. The van der Waals surface area contributed by atoms with E-state index in [1.54, 1.807) is 11.3 Å². The summed E-state index contributed by atoms with van der Waals surface area (Å²) in [7, 11) is 0. The van der Waals surface area contributed by atoms with Gasteiger partial charge < -0.3 is 11.1 Å². The van der Waals surface area contributed by atoms with Gasteiger partial charge >= 0.3 is 0 Å². The summed E-state index contributed by atoms with van der Waals surface area (Å²) in [4.78, 5) is 4.20. The molecule has 3 nitrogen and oxygen atoms in total. The molecule has 2 atom stereocenters. The quantitative estimate of drug-likeness (QED) is 0.760. The molecule has 1 aromatic heterocycles. The Morgan fingerprint density at radius 2 is 2.46 bits per heavy atom. The van der Waals surface area contributed by atoms with Crippen LogP contribution in [0.25, 0.3) is 0 Å². The molecule has 0 spiro atoms. The number of hydrogen-bond donors (Lipinski definition) is 2. The second-order valence-electron chi connectivity index (χ2n) is 3.61. The molecule has 2 unspecified atom stereocenters. The molecule has 1 heterocycles. The first-order valence-corrected chi connectivity index (χ1v) is 5.64. The lowest BCUT2D eigenvalue weighted by Gasteiger charge is -2.26. The number of rotatable bonds is 2. The van der Waals surface area contributed by atoms with Crippen LogP contribution >= 0.6 is 11.3 Å². The van der Waals surface area contributed by atoms with Crippen molar-refractivity contribution < 1.29 is 0 Å². The highest BCUT2D eigenvalue weighted by molar-refractivity contribution is 7.13. The number of hydrogen-bond acceptors (Lipinski definition) is 4. The first kappa shape index (κ1) is 8.97. The fraction of sp³-hybridized carbons (Fsp3) is 0.667. The Bertz CT molecular complexity index is 247. The van der Waals surface area contributed by atoms with Crippen LogP contribution in [0.3, 0.4) is 0 Å². The SMILES string of the molecule is NC1CCCC(Nc2nccs2)C1. The van der Waals surface area contributed by atoms with Gasteiger partial charge in [0, 0.05) is 23.7 Å². The smallest absolute Gasteiger partial charge is 0.182 e. The van der Waals surface area contributed by atoms with Crippen LogP contribution in [0.2, 0.25) is 0 Å². The van der Waals surface area contributed by atoms with E-state index in [0.717, 1.165) is 11.6 Å². The van der Waals surface area contributed by atoms with Gasteiger partial charge in [0.05, 0.1) is 0 Å². The Hall–Kier alpha value is -0.610. The van der Waals surface area contributed by atoms with Gasteiger partial charge in [-0.3, -0.25) is 0 Å². The predicted molar refractivity (Wildman–Crippen MR) is 56.0 cm³/mol. The zero-order chi connectivity index (χ0) is 9.10. The molecule has 4 heteroatoms. The third-order valence-corrected chi connectivity index (χ3v) is 3.18. The van der Waals surface area contributed by atoms with Gasteiger partial charge in [-0.1, -0.05) is 0 Å². The number of nitrogens with two attached hydrogens (primary N) is 1. The molecule has 0 saturated heterocycles. The fourth-order valence-electron chi connectivity index (χ4n) is 1.83. The number of nitrogens with zero attached hydrogens (tertiary/aromatic N) is 1. The summed E-state index contributed by atoms with van der Waals surface area (Å²) in [5.41, 5.74) is 5.90. The minimum Gasteiger partial charge on any atom is -0.359 e. The highest BCUT2D eigenvalue weighted by Gasteiger charge is 2.19. The molecule has 0 aromatic carbocycles. The number of aromatic nitrogens is 1. The summed E-state index contributed by atoms with van der Waals surface area (Å²) in [5, 5.41) is 6.44. The lowest BCUT2D eigenvalue weighted by atomic mass is 9.92. The van der Waals surface area contributed by atoms with E-state index in [4.69, 9.17) is 5.73 Å². The minimum absolute atomic E-state index is 0.381. The van der Waals surface area contributed by atoms with Gasteiger partial charge in [-0.2, -0.15) is 0 Å². The van der Waals surface area contributed by atoms with Gasteiger partial charge in [-0.15, -0.1) is 11.3 Å². The highest BCUT2D eigenvalue weighted by atomic mass is 32.1. The summed E-state index contributed by atoms with van der Waals surface area (Å²) in [6.45, 7) is 0. The molecule has 13 heavy (non-hydrogen) atoms. The maximum atomic E-state index is 5.90. The topological polar surface area (TPSA) is 50.9 Å². The Balaban J connectivity index is 1.87. The molecule has 0 amide bonds. The van der Waals surface area contributed by atoms with Crippen molar-refractivity contribution in [1.29, 1.82) is 0 Å². The van der Waals surface area contributed by atoms with Gasteiger partial charge in [0.2, 0.25) is 0 Å². The number of nitrogens with one attached hydrogen (secondary N) is 1. The van der Waals surface area contributed by atoms with Crippen LogP contribution in [0.1, 0.15) is 25.7 Å². The minimum atomic E-state index is 0.381. The highest BCUT2D eigenvalue weighted by Crippen LogP contribution is 2.21. The third kappa shape index (κ3) is 2.42. The molecule has 1 aliphatic carbocycles. The lowest BCUT2D eigenvalue weighted by Crippen LogP contribution is -2.34. The molecule has 0 radical (unpaired) electrons. The van der Waals surface area contributed by atoms with E-state index < -0.39 is 0 Å². The zero-order valence-electron chi connectivity index (χ0n) is 7.57. The van der Waals surface area contributed by atoms with E-state index in [-0.39, 0.29) is 0 Å². The van der Waals surface area contributed by atoms with Crippen molar-refractivity contribution in [3.8, 4) is 0 Å². The molecule has 0 bridgehead atoms. The Morgan fingerprint density at radius 3 is 3.15 bits per heavy atom. The average Bonchev–Trinajstić information content (AvgIpc) is 2.57. The normalized spacial score (nSPS) is 28.7. The standard InChI is InChI=1S/C9H15N3S/c10-7-2-1-3-8(6-7)12-9-11-4-5-13-9/h4-5,7-8H,1-3,6,10H2,(H,11,12). The van der Waals surface area contributed by atoms with Crippen LogP contribution in [0.4, 0.5) is 5.13 Å². The molecule has 2 rings (SSSR count). The monoisotopic (exact) mass is 197 g/mol. The first-order valence-electron chi connectivity index (χ1n) is 4.76. The van der Waals surface area contributed by atoms with Crippen LogP contribution in [-0.2, 0) is 0 Å². The second kappa shape index (κ2) is 4.07. The van der Waals surface area contributed by atoms with Crippen molar-refractivity contribution in [2.75, 3.05) is 5.32 Å². The molecule has 1 aliphatic rings. The maximum absolute atomic E-state index is 5.90. The van der Waals surface area contributed by atoms with E-state index in [1.165, 1.54) is 19.3 Å². The summed E-state index contributed by atoms with van der Waals surface area (Å²) in [6, 6.07) is 0.918. The molecule has 3 N–H and O–H groups in total. The summed E-state index contributed by atoms with van der Waals surface area (Å²) < 4.78 is 0. The van der Waals surface area contributed by atoms with Crippen molar-refractivity contribution in [3.63, 3.8) is 0 Å². The van der Waals surface area contributed by atoms with Gasteiger partial charge in [0.15, 0.2) is 5.13 Å². The van der Waals surface area contributed by atoms with Crippen LogP contribution in [-0.4, -0.2) is 17.1 Å². The van der Waals surface area contributed by atoms with Gasteiger partial charge in [-0.25, -0.2) is 4.98 Å². The van der Waals surface area contributed by atoms with Gasteiger partial charge in [0.25, 0.3) is 0 Å². The Kier molecular flexibility index (Phi) is 2.80. The van der Waals surface area contributed by atoms with Crippen molar-refractivity contribution in [2.24, 2.45) is 5.73 Å². The second-order valence-corrected chi connectivity index (χ2v) is 4.50. The van der Waals surface area contributed by atoms with Crippen LogP contribution in [0.5, 0.6) is 0 Å². The maximum Gasteiger partial charge on any atom is 0.182 e. The summed E-state index contributed by atoms with van der Waals surface area (Å²) >= 11 is 1.65. The predicted octanol–water partition coefficient (Wildman–Crippen LogP) is 1.82. The van der Waals surface area contributed by atoms with Crippen molar-refractivity contribution >= 4 is 16.5 Å².